The Morgan fingerprint density at radius 3 is 2.61 bits per heavy atom. The van der Waals surface area contributed by atoms with Gasteiger partial charge in [0.05, 0.1) is 22.8 Å². The predicted molar refractivity (Wildman–Crippen MR) is 173 cm³/mol. The molecule has 5 heterocycles. The monoisotopic (exact) mass is 659 g/mol. The van der Waals surface area contributed by atoms with Gasteiger partial charge in [0.25, 0.3) is 6.43 Å². The fraction of sp³-hybridized carbons (Fsp3) is 0.667. The number of carbonyl (C=O) groups excluding carboxylic acids is 1. The van der Waals surface area contributed by atoms with Gasteiger partial charge in [-0.1, -0.05) is 11.6 Å². The van der Waals surface area contributed by atoms with Crippen molar-refractivity contribution in [3.8, 4) is 11.1 Å². The lowest BCUT2D eigenvalue weighted by Crippen LogP contribution is -2.64. The minimum atomic E-state index is -2.55. The van der Waals surface area contributed by atoms with E-state index in [0.717, 1.165) is 65.4 Å². The van der Waals surface area contributed by atoms with E-state index in [-0.39, 0.29) is 30.3 Å². The normalized spacial score (nSPS) is 23.7. The number of likely N-dealkylation sites (tertiary alicyclic amines) is 1. The average Bonchev–Trinajstić information content (AvgIpc) is 3.53. The summed E-state index contributed by atoms with van der Waals surface area (Å²) in [4.78, 5) is 16.1. The zero-order valence-electron chi connectivity index (χ0n) is 27.3. The van der Waals surface area contributed by atoms with Gasteiger partial charge in [0.15, 0.2) is 12.0 Å². The van der Waals surface area contributed by atoms with E-state index >= 15 is 0 Å². The first kappa shape index (κ1) is 31.6. The van der Waals surface area contributed by atoms with Gasteiger partial charge in [-0.25, -0.2) is 18.3 Å². The molecule has 4 aliphatic rings. The van der Waals surface area contributed by atoms with Crippen LogP contribution in [0.15, 0.2) is 12.3 Å². The van der Waals surface area contributed by atoms with Crippen molar-refractivity contribution in [1.82, 2.24) is 29.8 Å². The molecule has 3 aliphatic heterocycles. The van der Waals surface area contributed by atoms with Crippen molar-refractivity contribution in [2.45, 2.75) is 97.1 Å². The number of anilines is 1. The maximum atomic E-state index is 14.5. The van der Waals surface area contributed by atoms with Crippen LogP contribution in [0.3, 0.4) is 0 Å². The number of fused-ring (bicyclic) bond motifs is 1. The molecule has 1 aromatic carbocycles. The third-order valence-electron chi connectivity index (χ3n) is 10.1. The molecule has 13 heteroatoms. The molecule has 0 radical (unpaired) electrons. The van der Waals surface area contributed by atoms with Crippen LogP contribution in [0.1, 0.15) is 76.4 Å². The number of halogens is 3. The summed E-state index contributed by atoms with van der Waals surface area (Å²) in [5, 5.41) is 14.5. The van der Waals surface area contributed by atoms with E-state index in [1.165, 1.54) is 0 Å². The fourth-order valence-corrected chi connectivity index (χ4v) is 8.09. The third-order valence-corrected chi connectivity index (χ3v) is 10.6. The number of ether oxygens (including phenoxy) is 2. The van der Waals surface area contributed by atoms with Gasteiger partial charge in [0, 0.05) is 67.0 Å². The fourth-order valence-electron chi connectivity index (χ4n) is 7.84. The second kappa shape index (κ2) is 11.6. The van der Waals surface area contributed by atoms with E-state index in [4.69, 9.17) is 31.3 Å². The predicted octanol–water partition coefficient (Wildman–Crippen LogP) is 6.48. The molecule has 1 aliphatic carbocycles. The molecule has 3 saturated heterocycles. The second-order valence-electron chi connectivity index (χ2n) is 14.7. The number of aryl methyl sites for hydroxylation is 1. The second-order valence-corrected chi connectivity index (χ2v) is 15.0. The van der Waals surface area contributed by atoms with E-state index in [0.29, 0.717) is 43.6 Å². The minimum absolute atomic E-state index is 0.0240. The van der Waals surface area contributed by atoms with Crippen LogP contribution in [0.25, 0.3) is 22.0 Å². The SMILES string of the molecule is Cc1cc2c(cnn2C2CCCCO2)c(-c2c(N3CCNCC3C(F)F)nn(C3CC4(C3)CN(C(=O)OC(C)(C)C)C4)c2C)c1Cl. The number of alkyl halides is 2. The smallest absolute Gasteiger partial charge is 0.410 e. The van der Waals surface area contributed by atoms with Crippen LogP contribution in [-0.4, -0.2) is 88.0 Å². The number of benzene rings is 1. The summed E-state index contributed by atoms with van der Waals surface area (Å²) in [5.74, 6) is 0.532. The van der Waals surface area contributed by atoms with E-state index in [1.54, 1.807) is 9.80 Å². The van der Waals surface area contributed by atoms with E-state index in [2.05, 4.69) is 5.32 Å². The number of rotatable bonds is 5. The number of carbonyl (C=O) groups is 1. The number of nitrogens with zero attached hydrogens (tertiary/aromatic N) is 6. The van der Waals surface area contributed by atoms with Crippen LogP contribution in [0, 0.1) is 19.3 Å². The highest BCUT2D eigenvalue weighted by Crippen LogP contribution is 2.56. The van der Waals surface area contributed by atoms with Gasteiger partial charge in [0.1, 0.15) is 11.6 Å². The number of aromatic nitrogens is 4. The number of amides is 1. The maximum Gasteiger partial charge on any atom is 0.410 e. The van der Waals surface area contributed by atoms with Crippen molar-refractivity contribution in [3.05, 3.63) is 28.5 Å². The Bertz CT molecular complexity index is 1630. The van der Waals surface area contributed by atoms with Crippen LogP contribution in [0.5, 0.6) is 0 Å². The largest absolute Gasteiger partial charge is 0.444 e. The molecule has 1 spiro atoms. The Labute approximate surface area is 273 Å². The highest BCUT2D eigenvalue weighted by molar-refractivity contribution is 6.36. The summed E-state index contributed by atoms with van der Waals surface area (Å²) in [5.41, 5.74) is 3.72. The lowest BCUT2D eigenvalue weighted by atomic mass is 9.61. The molecule has 250 valence electrons. The molecule has 2 aromatic heterocycles. The Kier molecular flexibility index (Phi) is 7.99. The van der Waals surface area contributed by atoms with Crippen molar-refractivity contribution in [1.29, 1.82) is 0 Å². The summed E-state index contributed by atoms with van der Waals surface area (Å²) < 4.78 is 44.6. The van der Waals surface area contributed by atoms with Gasteiger partial charge in [-0.05, 0) is 78.4 Å². The van der Waals surface area contributed by atoms with Crippen LogP contribution >= 0.6 is 11.6 Å². The molecule has 1 saturated carbocycles. The first-order chi connectivity index (χ1) is 21.9. The molecule has 3 aromatic rings. The highest BCUT2D eigenvalue weighted by Gasteiger charge is 2.55. The Hall–Kier alpha value is -2.96. The molecule has 46 heavy (non-hydrogen) atoms. The van der Waals surface area contributed by atoms with Gasteiger partial charge in [-0.3, -0.25) is 4.68 Å². The molecule has 10 nitrogen and oxygen atoms in total. The van der Waals surface area contributed by atoms with Gasteiger partial charge < -0.3 is 24.6 Å². The van der Waals surface area contributed by atoms with E-state index in [9.17, 15) is 13.6 Å². The van der Waals surface area contributed by atoms with E-state index in [1.807, 2.05) is 56.2 Å². The van der Waals surface area contributed by atoms with Crippen LogP contribution in [-0.2, 0) is 9.47 Å². The van der Waals surface area contributed by atoms with Gasteiger partial charge in [0.2, 0.25) is 0 Å². The quantitative estimate of drug-likeness (QED) is 0.335. The molecular weight excluding hydrogens is 616 g/mol. The van der Waals surface area contributed by atoms with Crippen molar-refractivity contribution >= 4 is 34.4 Å². The molecule has 4 fully saturated rings. The van der Waals surface area contributed by atoms with Gasteiger partial charge in [-0.15, -0.1) is 0 Å². The summed E-state index contributed by atoms with van der Waals surface area (Å²) in [6, 6.07) is 1.11. The van der Waals surface area contributed by atoms with Crippen LogP contribution in [0.4, 0.5) is 19.4 Å². The maximum absolute atomic E-state index is 14.5. The standard InChI is InChI=1S/C33H44ClF2N7O3/c1-19-12-23-22(15-38-43(23)25-8-6-7-11-45-25)27(28(19)34)26-20(2)42(39-30(26)41-10-9-37-16-24(41)29(35)36)21-13-33(14-21)17-40(18-33)31(44)46-32(3,4)5/h12,15,21,24-25,29,37H,6-11,13-14,16-18H2,1-5H3. The number of nitrogens with one attached hydrogen (secondary N) is 1. The van der Waals surface area contributed by atoms with Crippen LogP contribution in [0.2, 0.25) is 5.02 Å². The summed E-state index contributed by atoms with van der Waals surface area (Å²) in [6.07, 6.45) is 3.51. The number of piperazine rings is 1. The van der Waals surface area contributed by atoms with Crippen molar-refractivity contribution < 1.29 is 23.0 Å². The van der Waals surface area contributed by atoms with E-state index < -0.39 is 18.1 Å². The van der Waals surface area contributed by atoms with Crippen molar-refractivity contribution in [2.24, 2.45) is 5.41 Å². The lowest BCUT2D eigenvalue weighted by molar-refractivity contribution is -0.0930. The van der Waals surface area contributed by atoms with Crippen molar-refractivity contribution in [3.63, 3.8) is 0 Å². The summed E-state index contributed by atoms with van der Waals surface area (Å²) in [7, 11) is 0. The molecule has 1 amide bonds. The first-order valence-electron chi connectivity index (χ1n) is 16.5. The Balaban J connectivity index is 1.27. The highest BCUT2D eigenvalue weighted by atomic mass is 35.5. The number of hydrogen-bond acceptors (Lipinski definition) is 7. The molecule has 7 rings (SSSR count). The van der Waals surface area contributed by atoms with Crippen molar-refractivity contribution in [2.75, 3.05) is 44.2 Å². The van der Waals surface area contributed by atoms with Crippen LogP contribution < -0.4 is 10.2 Å². The zero-order chi connectivity index (χ0) is 32.5. The topological polar surface area (TPSA) is 89.7 Å². The zero-order valence-corrected chi connectivity index (χ0v) is 28.0. The molecular formula is C33H44ClF2N7O3. The molecule has 0 bridgehead atoms. The summed E-state index contributed by atoms with van der Waals surface area (Å²) in [6.45, 7) is 12.7. The Morgan fingerprint density at radius 1 is 1.17 bits per heavy atom. The third kappa shape index (κ3) is 5.43. The molecule has 2 atom stereocenters. The first-order valence-corrected chi connectivity index (χ1v) is 16.8. The summed E-state index contributed by atoms with van der Waals surface area (Å²) >= 11 is 7.15. The molecule has 2 unspecified atom stereocenters. The molecule has 1 N–H and O–H groups in total. The van der Waals surface area contributed by atoms with Gasteiger partial charge >= 0.3 is 6.09 Å². The minimum Gasteiger partial charge on any atom is -0.444 e. The number of hydrogen-bond donors (Lipinski definition) is 1. The Morgan fingerprint density at radius 2 is 1.93 bits per heavy atom. The van der Waals surface area contributed by atoms with Gasteiger partial charge in [-0.2, -0.15) is 10.2 Å². The average molecular weight is 660 g/mol. The lowest BCUT2D eigenvalue weighted by Gasteiger charge is -2.58.